The molecule has 2 rings (SSSR count). The number of aryl methyl sites for hydroxylation is 3. The van der Waals surface area contributed by atoms with Gasteiger partial charge in [0.2, 0.25) is 5.43 Å². The number of thioether (sulfide) groups is 1. The van der Waals surface area contributed by atoms with Crippen molar-refractivity contribution in [3.05, 3.63) is 39.7 Å². The highest BCUT2D eigenvalue weighted by atomic mass is 32.2. The molecule has 0 aliphatic rings. The average molecular weight is 233 g/mol. The van der Waals surface area contributed by atoms with Crippen LogP contribution >= 0.6 is 11.8 Å². The molecule has 3 heteroatoms. The molecule has 0 atom stereocenters. The fourth-order valence-corrected chi connectivity index (χ4v) is 2.64. The van der Waals surface area contributed by atoms with E-state index in [1.165, 1.54) is 17.3 Å². The van der Waals surface area contributed by atoms with Crippen LogP contribution in [-0.2, 0) is 7.05 Å². The van der Waals surface area contributed by atoms with Crippen LogP contribution in [0.15, 0.2) is 28.0 Å². The van der Waals surface area contributed by atoms with E-state index in [1.54, 1.807) is 0 Å². The molecule has 0 radical (unpaired) electrons. The smallest absolute Gasteiger partial charge is 0.203 e. The van der Waals surface area contributed by atoms with Crippen LogP contribution in [0.4, 0.5) is 0 Å². The predicted molar refractivity (Wildman–Crippen MR) is 70.4 cm³/mol. The van der Waals surface area contributed by atoms with E-state index in [-0.39, 0.29) is 5.43 Å². The molecule has 0 saturated carbocycles. The first-order chi connectivity index (χ1) is 7.54. The van der Waals surface area contributed by atoms with Gasteiger partial charge in [-0.1, -0.05) is 6.07 Å². The van der Waals surface area contributed by atoms with Crippen LogP contribution in [0.25, 0.3) is 10.9 Å². The Labute approximate surface area is 99.3 Å². The SMILES string of the molecule is CSc1cn(C)c2cc(C)cc(C)c2c1=O. The molecule has 1 aromatic carbocycles. The summed E-state index contributed by atoms with van der Waals surface area (Å²) in [7, 11) is 1.99. The van der Waals surface area contributed by atoms with Gasteiger partial charge in [0.05, 0.1) is 10.4 Å². The van der Waals surface area contributed by atoms with Crippen LogP contribution in [0.1, 0.15) is 11.1 Å². The van der Waals surface area contributed by atoms with Gasteiger partial charge in [-0.2, -0.15) is 0 Å². The largest absolute Gasteiger partial charge is 0.349 e. The molecule has 0 N–H and O–H groups in total. The quantitative estimate of drug-likeness (QED) is 0.707. The summed E-state index contributed by atoms with van der Waals surface area (Å²) in [5, 5.41) is 0.847. The lowest BCUT2D eigenvalue weighted by Crippen LogP contribution is -2.11. The summed E-state index contributed by atoms with van der Waals surface area (Å²) in [5.74, 6) is 0. The van der Waals surface area contributed by atoms with Gasteiger partial charge in [0.15, 0.2) is 0 Å². The van der Waals surface area contributed by atoms with Crippen molar-refractivity contribution in [3.63, 3.8) is 0 Å². The molecular formula is C13H15NOS. The van der Waals surface area contributed by atoms with Gasteiger partial charge in [0, 0.05) is 18.6 Å². The highest BCUT2D eigenvalue weighted by Gasteiger charge is 2.09. The summed E-state index contributed by atoms with van der Waals surface area (Å²) in [5.41, 5.74) is 3.42. The molecule has 0 amide bonds. The van der Waals surface area contributed by atoms with Gasteiger partial charge in [0.1, 0.15) is 0 Å². The fraction of sp³-hybridized carbons (Fsp3) is 0.308. The molecule has 1 heterocycles. The molecule has 0 aliphatic carbocycles. The third-order valence-corrected chi connectivity index (χ3v) is 3.55. The maximum absolute atomic E-state index is 12.2. The summed E-state index contributed by atoms with van der Waals surface area (Å²) in [6.07, 6.45) is 3.85. The van der Waals surface area contributed by atoms with Gasteiger partial charge in [-0.3, -0.25) is 4.79 Å². The second-order valence-electron chi connectivity index (χ2n) is 4.11. The molecule has 0 aliphatic heterocycles. The number of rotatable bonds is 1. The number of pyridine rings is 1. The molecule has 0 saturated heterocycles. The van der Waals surface area contributed by atoms with E-state index >= 15 is 0 Å². The minimum absolute atomic E-state index is 0.151. The van der Waals surface area contributed by atoms with Gasteiger partial charge in [-0.25, -0.2) is 0 Å². The van der Waals surface area contributed by atoms with Gasteiger partial charge in [-0.15, -0.1) is 11.8 Å². The van der Waals surface area contributed by atoms with Gasteiger partial charge < -0.3 is 4.57 Å². The van der Waals surface area contributed by atoms with E-state index in [0.717, 1.165) is 21.4 Å². The standard InChI is InChI=1S/C13H15NOS/c1-8-5-9(2)12-10(6-8)14(3)7-11(16-4)13(12)15/h5-7H,1-4H3. The van der Waals surface area contributed by atoms with Crippen LogP contribution in [0.2, 0.25) is 0 Å². The number of nitrogens with zero attached hydrogens (tertiary/aromatic N) is 1. The molecule has 1 aromatic heterocycles. The van der Waals surface area contributed by atoms with Crippen molar-refractivity contribution < 1.29 is 0 Å². The molecule has 16 heavy (non-hydrogen) atoms. The minimum Gasteiger partial charge on any atom is -0.349 e. The third kappa shape index (κ3) is 1.65. The predicted octanol–water partition coefficient (Wildman–Crippen LogP) is 2.88. The Morgan fingerprint density at radius 1 is 1.25 bits per heavy atom. The Morgan fingerprint density at radius 3 is 2.56 bits per heavy atom. The van der Waals surface area contributed by atoms with Crippen molar-refractivity contribution in [2.75, 3.05) is 6.26 Å². The van der Waals surface area contributed by atoms with Crippen molar-refractivity contribution in [2.24, 2.45) is 7.05 Å². The van der Waals surface area contributed by atoms with Crippen LogP contribution in [-0.4, -0.2) is 10.8 Å². The highest BCUT2D eigenvalue weighted by Crippen LogP contribution is 2.20. The van der Waals surface area contributed by atoms with E-state index in [0.29, 0.717) is 0 Å². The zero-order valence-electron chi connectivity index (χ0n) is 10.00. The lowest BCUT2D eigenvalue weighted by atomic mass is 10.1. The molecule has 0 bridgehead atoms. The summed E-state index contributed by atoms with van der Waals surface area (Å²) >= 11 is 1.50. The highest BCUT2D eigenvalue weighted by molar-refractivity contribution is 7.98. The Hall–Kier alpha value is -1.22. The summed E-state index contributed by atoms with van der Waals surface area (Å²) < 4.78 is 2.03. The van der Waals surface area contributed by atoms with Crippen LogP contribution in [0.3, 0.4) is 0 Å². The lowest BCUT2D eigenvalue weighted by molar-refractivity contribution is 0.922. The van der Waals surface area contributed by atoms with E-state index in [2.05, 4.69) is 19.1 Å². The van der Waals surface area contributed by atoms with Crippen molar-refractivity contribution in [3.8, 4) is 0 Å². The van der Waals surface area contributed by atoms with Crippen molar-refractivity contribution in [1.29, 1.82) is 0 Å². The van der Waals surface area contributed by atoms with E-state index in [1.807, 2.05) is 31.0 Å². The minimum atomic E-state index is 0.151. The zero-order chi connectivity index (χ0) is 11.9. The topological polar surface area (TPSA) is 22.0 Å². The third-order valence-electron chi connectivity index (χ3n) is 2.82. The first kappa shape index (κ1) is 11.3. The summed E-state index contributed by atoms with van der Waals surface area (Å²) in [6, 6.07) is 4.13. The number of aromatic nitrogens is 1. The van der Waals surface area contributed by atoms with Crippen LogP contribution in [0, 0.1) is 13.8 Å². The Kier molecular flexibility index (Phi) is 2.80. The molecule has 2 aromatic rings. The maximum Gasteiger partial charge on any atom is 0.203 e. The summed E-state index contributed by atoms with van der Waals surface area (Å²) in [6.45, 7) is 4.06. The second kappa shape index (κ2) is 3.98. The molecule has 0 unspecified atom stereocenters. The Bertz CT molecular complexity index is 613. The molecule has 84 valence electrons. The van der Waals surface area contributed by atoms with E-state index in [9.17, 15) is 4.79 Å². The molecule has 0 fully saturated rings. The van der Waals surface area contributed by atoms with Crippen molar-refractivity contribution in [2.45, 2.75) is 18.7 Å². The maximum atomic E-state index is 12.2. The van der Waals surface area contributed by atoms with Crippen LogP contribution < -0.4 is 5.43 Å². The Morgan fingerprint density at radius 2 is 1.94 bits per heavy atom. The number of fused-ring (bicyclic) bond motifs is 1. The van der Waals surface area contributed by atoms with E-state index < -0.39 is 0 Å². The van der Waals surface area contributed by atoms with Crippen molar-refractivity contribution >= 4 is 22.7 Å². The molecular weight excluding hydrogens is 218 g/mol. The lowest BCUT2D eigenvalue weighted by Gasteiger charge is -2.10. The number of hydrogen-bond donors (Lipinski definition) is 0. The Balaban J connectivity index is 3.02. The number of hydrogen-bond acceptors (Lipinski definition) is 2. The second-order valence-corrected chi connectivity index (χ2v) is 4.96. The van der Waals surface area contributed by atoms with Gasteiger partial charge in [0.25, 0.3) is 0 Å². The monoisotopic (exact) mass is 233 g/mol. The molecule has 2 nitrogen and oxygen atoms in total. The van der Waals surface area contributed by atoms with Gasteiger partial charge >= 0.3 is 0 Å². The summed E-state index contributed by atoms with van der Waals surface area (Å²) in [4.78, 5) is 13.0. The van der Waals surface area contributed by atoms with Crippen molar-refractivity contribution in [1.82, 2.24) is 4.57 Å². The van der Waals surface area contributed by atoms with E-state index in [4.69, 9.17) is 0 Å². The van der Waals surface area contributed by atoms with Gasteiger partial charge in [-0.05, 0) is 37.3 Å². The first-order valence-corrected chi connectivity index (χ1v) is 6.41. The normalized spacial score (nSPS) is 11.0. The van der Waals surface area contributed by atoms with Crippen LogP contribution in [0.5, 0.6) is 0 Å². The number of benzene rings is 1. The zero-order valence-corrected chi connectivity index (χ0v) is 10.8. The molecule has 0 spiro atoms. The fourth-order valence-electron chi connectivity index (χ4n) is 2.09. The average Bonchev–Trinajstić information content (AvgIpc) is 2.22. The first-order valence-electron chi connectivity index (χ1n) is 5.19.